The molecule has 3 heterocycles. The van der Waals surface area contributed by atoms with Gasteiger partial charge < -0.3 is 10.2 Å². The molecule has 136 valence electrons. The highest BCUT2D eigenvalue weighted by molar-refractivity contribution is 7.09. The van der Waals surface area contributed by atoms with Gasteiger partial charge in [-0.15, -0.1) is 36.2 Å². The molecule has 1 N–H and O–H groups in total. The number of fused-ring (bicyclic) bond motifs is 2. The Kier molecular flexibility index (Phi) is 7.25. The van der Waals surface area contributed by atoms with Crippen molar-refractivity contribution in [2.75, 3.05) is 13.1 Å². The molecule has 0 spiro atoms. The summed E-state index contributed by atoms with van der Waals surface area (Å²) in [7, 11) is 0. The maximum Gasteiger partial charge on any atom is 0.273 e. The molecule has 4 rings (SSSR count). The van der Waals surface area contributed by atoms with Crippen LogP contribution in [-0.4, -0.2) is 41.0 Å². The molecule has 25 heavy (non-hydrogen) atoms. The molecule has 2 atom stereocenters. The van der Waals surface area contributed by atoms with E-state index in [0.29, 0.717) is 17.8 Å². The van der Waals surface area contributed by atoms with Crippen LogP contribution in [0.3, 0.4) is 0 Å². The summed E-state index contributed by atoms with van der Waals surface area (Å²) in [4.78, 5) is 19.6. The minimum atomic E-state index is 0. The Labute approximate surface area is 164 Å². The lowest BCUT2D eigenvalue weighted by atomic mass is 10.1. The van der Waals surface area contributed by atoms with Gasteiger partial charge in [0.15, 0.2) is 0 Å². The highest BCUT2D eigenvalue weighted by atomic mass is 35.5. The van der Waals surface area contributed by atoms with Crippen LogP contribution in [0.1, 0.15) is 40.3 Å². The molecule has 0 aliphatic carbocycles. The molecule has 0 radical (unpaired) electrons. The second kappa shape index (κ2) is 8.99. The minimum absolute atomic E-state index is 0. The number of thiazole rings is 1. The number of nitrogens with zero attached hydrogens (tertiary/aromatic N) is 2. The van der Waals surface area contributed by atoms with E-state index >= 15 is 0 Å². The van der Waals surface area contributed by atoms with E-state index in [9.17, 15) is 4.79 Å². The first-order valence-corrected chi connectivity index (χ1v) is 9.21. The first-order chi connectivity index (χ1) is 11.3. The van der Waals surface area contributed by atoms with Crippen molar-refractivity contribution in [2.24, 2.45) is 0 Å². The molecule has 2 bridgehead atoms. The number of aromatic nitrogens is 1. The fraction of sp³-hybridized carbons (Fsp3) is 0.444. The van der Waals surface area contributed by atoms with Gasteiger partial charge in [0.25, 0.3) is 5.91 Å². The lowest BCUT2D eigenvalue weighted by Crippen LogP contribution is -2.42. The molecule has 1 aromatic carbocycles. The molecular weight excluding hydrogens is 377 g/mol. The van der Waals surface area contributed by atoms with Gasteiger partial charge in [-0.05, 0) is 31.4 Å². The van der Waals surface area contributed by atoms with E-state index in [4.69, 9.17) is 0 Å². The van der Waals surface area contributed by atoms with Gasteiger partial charge in [-0.25, -0.2) is 4.98 Å². The average molecular weight is 400 g/mol. The van der Waals surface area contributed by atoms with Gasteiger partial charge in [0.05, 0.1) is 5.01 Å². The number of halogens is 2. The Morgan fingerprint density at radius 3 is 2.72 bits per heavy atom. The quantitative estimate of drug-likeness (QED) is 0.857. The van der Waals surface area contributed by atoms with Crippen molar-refractivity contribution in [3.8, 4) is 0 Å². The largest absolute Gasteiger partial charge is 0.330 e. The highest BCUT2D eigenvalue weighted by Crippen LogP contribution is 2.30. The molecular formula is C18H23Cl2N3OS. The molecule has 2 aromatic rings. The van der Waals surface area contributed by atoms with E-state index in [0.717, 1.165) is 43.8 Å². The average Bonchev–Trinajstić information content (AvgIpc) is 3.11. The van der Waals surface area contributed by atoms with Crippen LogP contribution in [0.5, 0.6) is 0 Å². The third-order valence-electron chi connectivity index (χ3n) is 4.86. The van der Waals surface area contributed by atoms with Crippen molar-refractivity contribution in [2.45, 2.75) is 37.8 Å². The third-order valence-corrected chi connectivity index (χ3v) is 5.71. The molecule has 2 fully saturated rings. The fourth-order valence-corrected chi connectivity index (χ4v) is 4.51. The topological polar surface area (TPSA) is 45.2 Å². The summed E-state index contributed by atoms with van der Waals surface area (Å²) in [6.45, 7) is 1.94. The molecule has 7 heteroatoms. The summed E-state index contributed by atoms with van der Waals surface area (Å²) in [5.74, 6) is 0.122. The lowest BCUT2D eigenvalue weighted by Gasteiger charge is -2.27. The van der Waals surface area contributed by atoms with Gasteiger partial charge in [-0.1, -0.05) is 30.3 Å². The van der Waals surface area contributed by atoms with Crippen molar-refractivity contribution in [1.29, 1.82) is 0 Å². The molecule has 2 saturated heterocycles. The summed E-state index contributed by atoms with van der Waals surface area (Å²) in [5, 5.41) is 6.38. The summed E-state index contributed by atoms with van der Waals surface area (Å²) in [6.07, 6.45) is 4.11. The first kappa shape index (κ1) is 20.2. The van der Waals surface area contributed by atoms with Crippen LogP contribution in [0.4, 0.5) is 0 Å². The molecule has 2 unspecified atom stereocenters. The Bertz CT molecular complexity index is 681. The van der Waals surface area contributed by atoms with Crippen LogP contribution >= 0.6 is 36.2 Å². The normalized spacial score (nSPS) is 21.8. The molecule has 2 aliphatic heterocycles. The second-order valence-electron chi connectivity index (χ2n) is 6.38. The third kappa shape index (κ3) is 4.34. The highest BCUT2D eigenvalue weighted by Gasteiger charge is 2.38. The Hall–Kier alpha value is -1.14. The van der Waals surface area contributed by atoms with Gasteiger partial charge in [-0.3, -0.25) is 4.79 Å². The predicted molar refractivity (Wildman–Crippen MR) is 106 cm³/mol. The number of hydrogen-bond acceptors (Lipinski definition) is 4. The minimum Gasteiger partial charge on any atom is -0.330 e. The SMILES string of the molecule is Cl.Cl.O=C(c1csc(Cc2ccccc2)n1)N1C2CCNCC1CC2. The summed E-state index contributed by atoms with van der Waals surface area (Å²) < 4.78 is 0. The van der Waals surface area contributed by atoms with Gasteiger partial charge in [-0.2, -0.15) is 0 Å². The molecule has 0 saturated carbocycles. The number of amides is 1. The van der Waals surface area contributed by atoms with Gasteiger partial charge in [0.1, 0.15) is 5.69 Å². The standard InChI is InChI=1S/C18H21N3OS.2ClH/c22-18(21-14-6-7-15(21)11-19-9-8-14)16-12-23-17(20-16)10-13-4-2-1-3-5-13;;/h1-5,12,14-15,19H,6-11H2;2*1H. The van der Waals surface area contributed by atoms with E-state index in [1.165, 1.54) is 5.56 Å². The lowest BCUT2D eigenvalue weighted by molar-refractivity contribution is 0.0675. The van der Waals surface area contributed by atoms with Crippen molar-refractivity contribution < 1.29 is 4.79 Å². The van der Waals surface area contributed by atoms with Crippen LogP contribution in [0, 0.1) is 0 Å². The van der Waals surface area contributed by atoms with E-state index in [1.807, 2.05) is 23.6 Å². The number of carbonyl (C=O) groups is 1. The summed E-state index contributed by atoms with van der Waals surface area (Å²) in [6, 6.07) is 11.0. The molecule has 2 aliphatic rings. The Balaban J connectivity index is 0.00000113. The van der Waals surface area contributed by atoms with Crippen LogP contribution in [-0.2, 0) is 6.42 Å². The summed E-state index contributed by atoms with van der Waals surface area (Å²) in [5.41, 5.74) is 1.86. The Morgan fingerprint density at radius 2 is 1.92 bits per heavy atom. The number of hydrogen-bond donors (Lipinski definition) is 1. The van der Waals surface area contributed by atoms with E-state index in [-0.39, 0.29) is 30.7 Å². The maximum absolute atomic E-state index is 12.9. The van der Waals surface area contributed by atoms with E-state index < -0.39 is 0 Å². The smallest absolute Gasteiger partial charge is 0.273 e. The molecule has 1 aromatic heterocycles. The number of carbonyl (C=O) groups excluding carboxylic acids is 1. The van der Waals surface area contributed by atoms with Crippen LogP contribution in [0.2, 0.25) is 0 Å². The molecule has 1 amide bonds. The zero-order valence-corrected chi connectivity index (χ0v) is 16.3. The first-order valence-electron chi connectivity index (χ1n) is 8.33. The van der Waals surface area contributed by atoms with E-state index in [1.54, 1.807) is 11.3 Å². The zero-order chi connectivity index (χ0) is 15.6. The van der Waals surface area contributed by atoms with Crippen molar-refractivity contribution in [3.05, 3.63) is 52.0 Å². The number of nitrogens with one attached hydrogen (secondary N) is 1. The van der Waals surface area contributed by atoms with Gasteiger partial charge >= 0.3 is 0 Å². The predicted octanol–water partition coefficient (Wildman–Crippen LogP) is 3.54. The van der Waals surface area contributed by atoms with Gasteiger partial charge in [0, 0.05) is 30.4 Å². The fourth-order valence-electron chi connectivity index (χ4n) is 3.71. The van der Waals surface area contributed by atoms with Crippen LogP contribution in [0.25, 0.3) is 0 Å². The van der Waals surface area contributed by atoms with Gasteiger partial charge in [0.2, 0.25) is 0 Å². The van der Waals surface area contributed by atoms with Crippen LogP contribution in [0.15, 0.2) is 35.7 Å². The molecule has 4 nitrogen and oxygen atoms in total. The number of benzene rings is 1. The number of rotatable bonds is 3. The zero-order valence-electron chi connectivity index (χ0n) is 13.9. The van der Waals surface area contributed by atoms with Crippen molar-refractivity contribution in [3.63, 3.8) is 0 Å². The van der Waals surface area contributed by atoms with Crippen molar-refractivity contribution >= 4 is 42.1 Å². The second-order valence-corrected chi connectivity index (χ2v) is 7.32. The Morgan fingerprint density at radius 1 is 1.16 bits per heavy atom. The van der Waals surface area contributed by atoms with E-state index in [2.05, 4.69) is 27.3 Å². The van der Waals surface area contributed by atoms with Crippen molar-refractivity contribution in [1.82, 2.24) is 15.2 Å². The monoisotopic (exact) mass is 399 g/mol. The van der Waals surface area contributed by atoms with Crippen LogP contribution < -0.4 is 5.32 Å². The maximum atomic E-state index is 12.9. The summed E-state index contributed by atoms with van der Waals surface area (Å²) >= 11 is 1.59.